The number of aliphatic hydroxyl groups excluding tert-OH is 1. The van der Waals surface area contributed by atoms with Crippen molar-refractivity contribution in [2.45, 2.75) is 144 Å². The predicted octanol–water partition coefficient (Wildman–Crippen LogP) is 8.69. The molecule has 0 bridgehead atoms. The number of primary amides is 1. The Morgan fingerprint density at radius 3 is 2.05 bits per heavy atom. The first-order chi connectivity index (χ1) is 17.3. The number of hydrogen-bond acceptors (Lipinski definition) is 2. The molecule has 0 aromatic carbocycles. The zero-order chi connectivity index (χ0) is 27.7. The largest absolute Gasteiger partial charge is 0.393 e. The summed E-state index contributed by atoms with van der Waals surface area (Å²) in [6.45, 7) is 20.4. The summed E-state index contributed by atoms with van der Waals surface area (Å²) < 4.78 is 0. The van der Waals surface area contributed by atoms with Crippen molar-refractivity contribution < 1.29 is 9.90 Å². The lowest BCUT2D eigenvalue weighted by Crippen LogP contribution is -2.57. The van der Waals surface area contributed by atoms with Crippen LogP contribution in [-0.2, 0) is 4.79 Å². The summed E-state index contributed by atoms with van der Waals surface area (Å²) in [5.41, 5.74) is 6.60. The topological polar surface area (TPSA) is 63.3 Å². The highest BCUT2D eigenvalue weighted by atomic mass is 16.3. The van der Waals surface area contributed by atoms with Crippen molar-refractivity contribution in [1.82, 2.24) is 0 Å². The SMILES string of the molecule is C=CC.CCCC1C(C2(C)CCC3C(C)(CCC(O)C3(C)C)C2)CCC2(C3(C)CC3)CCCC12.NC=O. The van der Waals surface area contributed by atoms with Gasteiger partial charge in [0.15, 0.2) is 0 Å². The fraction of sp³-hybridized carbons (Fsp3) is 0.912. The van der Waals surface area contributed by atoms with Gasteiger partial charge in [-0.2, -0.15) is 0 Å². The number of aliphatic hydroxyl groups is 1. The molecule has 0 aromatic heterocycles. The van der Waals surface area contributed by atoms with Crippen LogP contribution in [0.2, 0.25) is 0 Å². The van der Waals surface area contributed by atoms with Crippen molar-refractivity contribution in [2.75, 3.05) is 0 Å². The van der Waals surface area contributed by atoms with Crippen molar-refractivity contribution in [2.24, 2.45) is 56.5 Å². The van der Waals surface area contributed by atoms with Gasteiger partial charge in [0.1, 0.15) is 0 Å². The lowest BCUT2D eigenvalue weighted by Gasteiger charge is -2.63. The average Bonchev–Trinajstić information content (AvgIpc) is 3.41. The summed E-state index contributed by atoms with van der Waals surface area (Å²) >= 11 is 0. The Balaban J connectivity index is 0.000000580. The number of allylic oxidation sites excluding steroid dienone is 1. The number of nitrogens with two attached hydrogens (primary N) is 1. The van der Waals surface area contributed by atoms with E-state index in [4.69, 9.17) is 4.79 Å². The molecule has 5 aliphatic carbocycles. The Kier molecular flexibility index (Phi) is 9.41. The van der Waals surface area contributed by atoms with E-state index in [1.54, 1.807) is 18.9 Å². The summed E-state index contributed by atoms with van der Waals surface area (Å²) in [6.07, 6.45) is 21.9. The molecule has 214 valence electrons. The van der Waals surface area contributed by atoms with Crippen molar-refractivity contribution in [3.63, 3.8) is 0 Å². The summed E-state index contributed by atoms with van der Waals surface area (Å²) in [6, 6.07) is 0. The van der Waals surface area contributed by atoms with E-state index >= 15 is 0 Å². The first-order valence-corrected chi connectivity index (χ1v) is 15.7. The van der Waals surface area contributed by atoms with Crippen LogP contribution in [0.5, 0.6) is 0 Å². The lowest BCUT2D eigenvalue weighted by atomic mass is 9.42. The molecule has 5 saturated carbocycles. The minimum Gasteiger partial charge on any atom is -0.393 e. The molecule has 0 aromatic rings. The summed E-state index contributed by atoms with van der Waals surface area (Å²) in [4.78, 5) is 8.58. The molecule has 3 heteroatoms. The third kappa shape index (κ3) is 5.33. The first kappa shape index (κ1) is 30.7. The van der Waals surface area contributed by atoms with Gasteiger partial charge in [-0.25, -0.2) is 0 Å². The minimum absolute atomic E-state index is 0.0882. The fourth-order valence-electron chi connectivity index (χ4n) is 11.2. The Bertz CT molecular complexity index is 781. The monoisotopic (exact) mass is 515 g/mol. The van der Waals surface area contributed by atoms with Crippen molar-refractivity contribution in [3.05, 3.63) is 12.7 Å². The first-order valence-electron chi connectivity index (χ1n) is 15.7. The van der Waals surface area contributed by atoms with E-state index in [1.165, 1.54) is 70.6 Å². The third-order valence-corrected chi connectivity index (χ3v) is 12.9. The number of hydrogen-bond donors (Lipinski definition) is 2. The zero-order valence-electron chi connectivity index (χ0n) is 25.6. The highest BCUT2D eigenvalue weighted by molar-refractivity contribution is 5.42. The molecule has 8 unspecified atom stereocenters. The van der Waals surface area contributed by atoms with Gasteiger partial charge in [0.25, 0.3) is 0 Å². The minimum atomic E-state index is -0.101. The van der Waals surface area contributed by atoms with Gasteiger partial charge in [-0.05, 0) is 128 Å². The van der Waals surface area contributed by atoms with Gasteiger partial charge in [0.2, 0.25) is 6.41 Å². The van der Waals surface area contributed by atoms with Gasteiger partial charge in [-0.3, -0.25) is 4.79 Å². The van der Waals surface area contributed by atoms with E-state index in [0.29, 0.717) is 27.6 Å². The number of carbonyl (C=O) groups is 1. The summed E-state index contributed by atoms with van der Waals surface area (Å²) in [5, 5.41) is 10.8. The van der Waals surface area contributed by atoms with Crippen LogP contribution in [0.15, 0.2) is 12.7 Å². The molecule has 8 atom stereocenters. The lowest BCUT2D eigenvalue weighted by molar-refractivity contribution is -0.161. The Morgan fingerprint density at radius 1 is 0.892 bits per heavy atom. The highest BCUT2D eigenvalue weighted by Gasteiger charge is 2.66. The van der Waals surface area contributed by atoms with Gasteiger partial charge < -0.3 is 10.8 Å². The smallest absolute Gasteiger partial charge is 0.204 e. The average molecular weight is 516 g/mol. The van der Waals surface area contributed by atoms with Gasteiger partial charge in [0, 0.05) is 0 Å². The van der Waals surface area contributed by atoms with Crippen LogP contribution in [0.25, 0.3) is 0 Å². The third-order valence-electron chi connectivity index (χ3n) is 12.9. The number of fused-ring (bicyclic) bond motifs is 2. The molecule has 0 saturated heterocycles. The molecule has 0 aliphatic heterocycles. The highest BCUT2D eigenvalue weighted by Crippen LogP contribution is 2.74. The van der Waals surface area contributed by atoms with Crippen LogP contribution in [0.1, 0.15) is 138 Å². The maximum absolute atomic E-state index is 10.8. The van der Waals surface area contributed by atoms with E-state index in [9.17, 15) is 5.11 Å². The van der Waals surface area contributed by atoms with Crippen LogP contribution >= 0.6 is 0 Å². The number of amides is 1. The predicted molar refractivity (Wildman–Crippen MR) is 157 cm³/mol. The molecule has 3 N–H and O–H groups in total. The van der Waals surface area contributed by atoms with Gasteiger partial charge >= 0.3 is 0 Å². The summed E-state index contributed by atoms with van der Waals surface area (Å²) in [7, 11) is 0. The van der Waals surface area contributed by atoms with E-state index in [1.807, 2.05) is 6.92 Å². The van der Waals surface area contributed by atoms with Gasteiger partial charge in [0.05, 0.1) is 6.10 Å². The van der Waals surface area contributed by atoms with Crippen molar-refractivity contribution in [3.8, 4) is 0 Å². The van der Waals surface area contributed by atoms with E-state index < -0.39 is 0 Å². The second-order valence-corrected chi connectivity index (χ2v) is 15.3. The second kappa shape index (κ2) is 11.3. The maximum atomic E-state index is 10.8. The molecular formula is C34H61NO2. The fourth-order valence-corrected chi connectivity index (χ4v) is 11.2. The molecule has 0 spiro atoms. The Labute approximate surface area is 229 Å². The normalized spacial score (nSPS) is 45.0. The Morgan fingerprint density at radius 2 is 1.49 bits per heavy atom. The molecule has 37 heavy (non-hydrogen) atoms. The molecule has 3 nitrogen and oxygen atoms in total. The van der Waals surface area contributed by atoms with Crippen molar-refractivity contribution in [1.29, 1.82) is 0 Å². The number of rotatable bonds is 4. The van der Waals surface area contributed by atoms with Crippen LogP contribution in [0, 0.1) is 50.7 Å². The number of carbonyl (C=O) groups excluding carboxylic acids is 1. The van der Waals surface area contributed by atoms with Crippen LogP contribution in [-0.4, -0.2) is 17.6 Å². The standard InChI is InChI=1S/C30H52O.C3H6.CH3NO/c1-7-9-21-22(11-17-30(29(6)18-19-29)14-8-10-23(21)30)27(4)15-12-24-26(2,3)25(31)13-16-28(24,5)20-27;1-3-2;2-1-3/h21-25,31H,7-20H2,1-6H3;3H,1H2,2H3;1H,(H2,2,3). The maximum Gasteiger partial charge on any atom is 0.204 e. The van der Waals surface area contributed by atoms with E-state index in [0.717, 1.165) is 24.2 Å². The van der Waals surface area contributed by atoms with Gasteiger partial charge in [-0.1, -0.05) is 66.9 Å². The van der Waals surface area contributed by atoms with Crippen LogP contribution < -0.4 is 5.73 Å². The van der Waals surface area contributed by atoms with E-state index in [2.05, 4.69) is 53.9 Å². The molecule has 1 amide bonds. The molecule has 5 fully saturated rings. The quantitative estimate of drug-likeness (QED) is 0.290. The van der Waals surface area contributed by atoms with Crippen LogP contribution in [0.3, 0.4) is 0 Å². The van der Waals surface area contributed by atoms with Crippen molar-refractivity contribution >= 4 is 6.41 Å². The summed E-state index contributed by atoms with van der Waals surface area (Å²) in [5.74, 6) is 3.64. The second-order valence-electron chi connectivity index (χ2n) is 15.3. The zero-order valence-corrected chi connectivity index (χ0v) is 25.6. The van der Waals surface area contributed by atoms with Gasteiger partial charge in [-0.15, -0.1) is 6.58 Å². The Hall–Kier alpha value is -0.830. The molecule has 5 aliphatic rings. The molecule has 0 radical (unpaired) electrons. The molecule has 0 heterocycles. The molecular weight excluding hydrogens is 454 g/mol. The van der Waals surface area contributed by atoms with E-state index in [-0.39, 0.29) is 17.9 Å². The van der Waals surface area contributed by atoms with Crippen LogP contribution in [0.4, 0.5) is 0 Å². The molecule has 5 rings (SSSR count).